The number of likely N-dealkylation sites (N-methyl/N-ethyl adjacent to an activating group) is 1. The number of hydrogen-bond donors (Lipinski definition) is 1. The van der Waals surface area contributed by atoms with Crippen LogP contribution in [0.25, 0.3) is 0 Å². The molecule has 0 aliphatic carbocycles. The van der Waals surface area contributed by atoms with Crippen molar-refractivity contribution in [1.29, 1.82) is 0 Å². The third kappa shape index (κ3) is 3.94. The molecule has 0 amide bonds. The van der Waals surface area contributed by atoms with Crippen LogP contribution in [0.2, 0.25) is 0 Å². The molecule has 0 aromatic rings. The molecule has 16 heavy (non-hydrogen) atoms. The van der Waals surface area contributed by atoms with Crippen molar-refractivity contribution in [3.05, 3.63) is 0 Å². The van der Waals surface area contributed by atoms with Gasteiger partial charge in [0, 0.05) is 19.6 Å². The Hall–Kier alpha value is 0.270. The minimum atomic E-state index is 0.437. The van der Waals surface area contributed by atoms with Crippen LogP contribution in [0, 0.1) is 5.41 Å². The Bertz CT molecular complexity index is 184. The van der Waals surface area contributed by atoms with Crippen molar-refractivity contribution < 1.29 is 0 Å². The first kappa shape index (κ1) is 14.3. The lowest BCUT2D eigenvalue weighted by molar-refractivity contribution is 0.162. The van der Waals surface area contributed by atoms with Gasteiger partial charge in [0.2, 0.25) is 0 Å². The van der Waals surface area contributed by atoms with Crippen LogP contribution < -0.4 is 0 Å². The average Bonchev–Trinajstić information content (AvgIpc) is 2.51. The van der Waals surface area contributed by atoms with Crippen LogP contribution in [0.1, 0.15) is 33.1 Å². The largest absolute Gasteiger partial charge is 0.305 e. The highest BCUT2D eigenvalue weighted by atomic mass is 32.1. The van der Waals surface area contributed by atoms with Crippen LogP contribution in [0.4, 0.5) is 0 Å². The normalized spacial score (nSPS) is 21.0. The van der Waals surface area contributed by atoms with E-state index in [2.05, 4.69) is 43.3 Å². The van der Waals surface area contributed by atoms with Crippen LogP contribution in [0.15, 0.2) is 0 Å². The molecule has 1 fully saturated rings. The van der Waals surface area contributed by atoms with Crippen LogP contribution in [0.5, 0.6) is 0 Å². The van der Waals surface area contributed by atoms with Crippen molar-refractivity contribution in [1.82, 2.24) is 9.80 Å². The zero-order valence-corrected chi connectivity index (χ0v) is 12.1. The Balaban J connectivity index is 2.50. The monoisotopic (exact) mass is 244 g/mol. The van der Waals surface area contributed by atoms with Gasteiger partial charge in [0.1, 0.15) is 0 Å². The topological polar surface area (TPSA) is 6.48 Å². The fourth-order valence-electron chi connectivity index (χ4n) is 2.48. The van der Waals surface area contributed by atoms with Gasteiger partial charge in [0.25, 0.3) is 0 Å². The molecule has 0 aromatic carbocycles. The summed E-state index contributed by atoms with van der Waals surface area (Å²) in [7, 11) is 2.23. The summed E-state index contributed by atoms with van der Waals surface area (Å²) >= 11 is 4.57. The third-order valence-electron chi connectivity index (χ3n) is 4.21. The van der Waals surface area contributed by atoms with Gasteiger partial charge in [-0.05, 0) is 50.6 Å². The average molecular weight is 244 g/mol. The maximum absolute atomic E-state index is 4.57. The van der Waals surface area contributed by atoms with E-state index >= 15 is 0 Å². The van der Waals surface area contributed by atoms with Crippen molar-refractivity contribution in [3.63, 3.8) is 0 Å². The van der Waals surface area contributed by atoms with Crippen molar-refractivity contribution in [3.8, 4) is 0 Å². The van der Waals surface area contributed by atoms with E-state index in [9.17, 15) is 0 Å². The second-order valence-corrected chi connectivity index (χ2v) is 5.61. The second-order valence-electron chi connectivity index (χ2n) is 5.30. The van der Waals surface area contributed by atoms with E-state index < -0.39 is 0 Å². The molecule has 3 heteroatoms. The van der Waals surface area contributed by atoms with Crippen molar-refractivity contribution in [2.45, 2.75) is 33.1 Å². The Morgan fingerprint density at radius 3 is 2.31 bits per heavy atom. The third-order valence-corrected chi connectivity index (χ3v) is 4.88. The molecule has 0 atom stereocenters. The lowest BCUT2D eigenvalue weighted by atomic mass is 9.84. The maximum atomic E-state index is 4.57. The highest BCUT2D eigenvalue weighted by Gasteiger charge is 2.27. The van der Waals surface area contributed by atoms with Crippen LogP contribution in [-0.2, 0) is 0 Å². The summed E-state index contributed by atoms with van der Waals surface area (Å²) < 4.78 is 0. The molecule has 0 aromatic heterocycles. The van der Waals surface area contributed by atoms with Crippen molar-refractivity contribution in [2.24, 2.45) is 5.41 Å². The molecule has 2 nitrogen and oxygen atoms in total. The van der Waals surface area contributed by atoms with Crippen LogP contribution >= 0.6 is 12.6 Å². The molecular formula is C13H28N2S. The van der Waals surface area contributed by atoms with E-state index in [-0.39, 0.29) is 0 Å². The summed E-state index contributed by atoms with van der Waals surface area (Å²) in [6.45, 7) is 10.8. The van der Waals surface area contributed by atoms with Crippen LogP contribution in [0.3, 0.4) is 0 Å². The predicted octanol–water partition coefficient (Wildman–Crippen LogP) is 2.36. The van der Waals surface area contributed by atoms with E-state index in [0.29, 0.717) is 5.41 Å². The van der Waals surface area contributed by atoms with Gasteiger partial charge in [0.15, 0.2) is 0 Å². The minimum Gasteiger partial charge on any atom is -0.305 e. The fraction of sp³-hybridized carbons (Fsp3) is 1.00. The molecule has 0 saturated carbocycles. The summed E-state index contributed by atoms with van der Waals surface area (Å²) in [5, 5.41) is 0. The Morgan fingerprint density at radius 2 is 1.75 bits per heavy atom. The molecule has 0 radical (unpaired) electrons. The smallest absolute Gasteiger partial charge is 0.0109 e. The molecule has 1 saturated heterocycles. The molecule has 1 rings (SSSR count). The number of thiol groups is 1. The minimum absolute atomic E-state index is 0.437. The first-order valence-corrected chi connectivity index (χ1v) is 7.31. The summed E-state index contributed by atoms with van der Waals surface area (Å²) in [6.07, 6.45) is 3.81. The van der Waals surface area contributed by atoms with Gasteiger partial charge in [-0.2, -0.15) is 12.6 Å². The van der Waals surface area contributed by atoms with Crippen LogP contribution in [-0.4, -0.2) is 55.3 Å². The molecule has 1 aliphatic rings. The van der Waals surface area contributed by atoms with Gasteiger partial charge in [-0.25, -0.2) is 0 Å². The quantitative estimate of drug-likeness (QED) is 0.742. The lowest BCUT2D eigenvalue weighted by Crippen LogP contribution is -2.40. The van der Waals surface area contributed by atoms with Gasteiger partial charge in [-0.3, -0.25) is 0 Å². The molecule has 0 N–H and O–H groups in total. The Morgan fingerprint density at radius 1 is 1.06 bits per heavy atom. The summed E-state index contributed by atoms with van der Waals surface area (Å²) in [5.41, 5.74) is 0.437. The van der Waals surface area contributed by atoms with Gasteiger partial charge in [-0.15, -0.1) is 0 Å². The van der Waals surface area contributed by atoms with E-state index in [0.717, 1.165) is 5.75 Å². The highest BCUT2D eigenvalue weighted by molar-refractivity contribution is 7.80. The van der Waals surface area contributed by atoms with E-state index in [1.165, 1.54) is 52.0 Å². The van der Waals surface area contributed by atoms with Gasteiger partial charge in [0.05, 0.1) is 0 Å². The number of hydrogen-bond acceptors (Lipinski definition) is 3. The van der Waals surface area contributed by atoms with E-state index in [1.54, 1.807) is 0 Å². The first-order valence-electron chi connectivity index (χ1n) is 6.67. The van der Waals surface area contributed by atoms with Gasteiger partial charge in [-0.1, -0.05) is 13.8 Å². The molecular weight excluding hydrogens is 216 g/mol. The van der Waals surface area contributed by atoms with Crippen molar-refractivity contribution >= 4 is 12.6 Å². The molecule has 0 spiro atoms. The summed E-state index contributed by atoms with van der Waals surface area (Å²) in [4.78, 5) is 5.09. The van der Waals surface area contributed by atoms with Gasteiger partial charge >= 0.3 is 0 Å². The van der Waals surface area contributed by atoms with Crippen molar-refractivity contribution in [2.75, 3.05) is 45.5 Å². The molecule has 0 bridgehead atoms. The Labute approximate surface area is 107 Å². The zero-order valence-electron chi connectivity index (χ0n) is 11.2. The summed E-state index contributed by atoms with van der Waals surface area (Å²) in [6, 6.07) is 0. The van der Waals surface area contributed by atoms with E-state index in [1.807, 2.05) is 0 Å². The molecule has 96 valence electrons. The van der Waals surface area contributed by atoms with Gasteiger partial charge < -0.3 is 9.80 Å². The fourth-order valence-corrected chi connectivity index (χ4v) is 3.03. The molecule has 0 unspecified atom stereocenters. The number of nitrogens with zero attached hydrogens (tertiary/aromatic N) is 2. The molecule has 1 aliphatic heterocycles. The Kier molecular flexibility index (Phi) is 6.16. The highest BCUT2D eigenvalue weighted by Crippen LogP contribution is 2.29. The first-order chi connectivity index (χ1) is 7.65. The number of rotatable bonds is 5. The SMILES string of the molecule is CCC(CC)(CS)CN1CCCN(C)CC1. The standard InChI is InChI=1S/C13H28N2S/c1-4-13(5-2,12-16)11-15-8-6-7-14(3)9-10-15/h16H,4-12H2,1-3H3. The second kappa shape index (κ2) is 6.87. The van der Waals surface area contributed by atoms with E-state index in [4.69, 9.17) is 0 Å². The molecule has 1 heterocycles. The summed E-state index contributed by atoms with van der Waals surface area (Å²) in [5.74, 6) is 1.02. The predicted molar refractivity (Wildman–Crippen MR) is 75.4 cm³/mol. The maximum Gasteiger partial charge on any atom is 0.0109 e. The lowest BCUT2D eigenvalue weighted by Gasteiger charge is -2.35. The zero-order chi connectivity index (χ0) is 12.0.